The van der Waals surface area contributed by atoms with E-state index < -0.39 is 0 Å². The molecule has 6 aromatic carbocycles. The van der Waals surface area contributed by atoms with Gasteiger partial charge in [-0.15, -0.1) is 22.7 Å². The van der Waals surface area contributed by atoms with Gasteiger partial charge in [-0.05, 0) is 54.6 Å². The van der Waals surface area contributed by atoms with Crippen molar-refractivity contribution in [3.05, 3.63) is 146 Å². The van der Waals surface area contributed by atoms with Crippen molar-refractivity contribution in [2.45, 2.75) is 0 Å². The largest absolute Gasteiger partial charge is 0.454 e. The van der Waals surface area contributed by atoms with E-state index in [9.17, 15) is 0 Å². The van der Waals surface area contributed by atoms with Gasteiger partial charge in [0.05, 0.1) is 16.1 Å². The summed E-state index contributed by atoms with van der Waals surface area (Å²) in [6.45, 7) is 0. The number of benzene rings is 6. The molecule has 46 heavy (non-hydrogen) atoms. The number of nitrogens with zero attached hydrogens (tertiary/aromatic N) is 2. The molecule has 10 aromatic rings. The van der Waals surface area contributed by atoms with E-state index in [-0.39, 0.29) is 0 Å². The number of para-hydroxylation sites is 2. The van der Waals surface area contributed by atoms with Gasteiger partial charge in [0, 0.05) is 69.6 Å². The molecule has 0 saturated heterocycles. The summed E-state index contributed by atoms with van der Waals surface area (Å²) in [6, 6.07) is 49.7. The molecule has 0 aliphatic rings. The second-order valence-corrected chi connectivity index (χ2v) is 13.7. The smallest absolute Gasteiger partial charge is 0.159 e. The Bertz CT molecular complexity index is 2770. The predicted molar refractivity (Wildman–Crippen MR) is 197 cm³/mol. The van der Waals surface area contributed by atoms with E-state index in [2.05, 4.69) is 132 Å². The molecule has 5 heteroatoms. The summed E-state index contributed by atoms with van der Waals surface area (Å²) >= 11 is 3.63. The SMILES string of the molecule is c1ccc2c(c1)oc1c(N(c3ccc(-c4cc5c(cn4)sc4ccccc45)cc3)c3ccc4c(c3)sc3ccccc34)cccc12. The van der Waals surface area contributed by atoms with E-state index in [0.29, 0.717) is 0 Å². The van der Waals surface area contributed by atoms with Crippen LogP contribution in [-0.2, 0) is 0 Å². The van der Waals surface area contributed by atoms with E-state index in [1.54, 1.807) is 11.3 Å². The third-order valence-electron chi connectivity index (χ3n) is 8.93. The minimum Gasteiger partial charge on any atom is -0.454 e. The highest BCUT2D eigenvalue weighted by atomic mass is 32.1. The molecule has 0 bridgehead atoms. The van der Waals surface area contributed by atoms with Crippen molar-refractivity contribution in [1.82, 2.24) is 4.98 Å². The van der Waals surface area contributed by atoms with Crippen LogP contribution in [0.25, 0.3) is 73.5 Å². The number of hydrogen-bond acceptors (Lipinski definition) is 5. The molecule has 0 amide bonds. The van der Waals surface area contributed by atoms with Crippen LogP contribution in [0.2, 0.25) is 0 Å². The number of anilines is 3. The number of fused-ring (bicyclic) bond motifs is 9. The first-order valence-corrected chi connectivity index (χ1v) is 16.9. The Labute approximate surface area is 272 Å². The Hall–Kier alpha value is -5.49. The Morgan fingerprint density at radius 1 is 0.478 bits per heavy atom. The predicted octanol–water partition coefficient (Wildman–Crippen LogP) is 12.9. The number of hydrogen-bond donors (Lipinski definition) is 0. The Balaban J connectivity index is 1.15. The third kappa shape index (κ3) is 3.92. The van der Waals surface area contributed by atoms with E-state index >= 15 is 0 Å². The van der Waals surface area contributed by atoms with Crippen LogP contribution in [0.15, 0.2) is 150 Å². The first-order chi connectivity index (χ1) is 22.8. The topological polar surface area (TPSA) is 29.3 Å². The van der Waals surface area contributed by atoms with Gasteiger partial charge in [-0.3, -0.25) is 4.98 Å². The van der Waals surface area contributed by atoms with E-state index in [1.165, 1.54) is 40.3 Å². The molecule has 0 unspecified atom stereocenters. The summed E-state index contributed by atoms with van der Waals surface area (Å²) in [5.74, 6) is 0. The zero-order chi connectivity index (χ0) is 30.2. The minimum absolute atomic E-state index is 0.876. The average Bonchev–Trinajstić information content (AvgIpc) is 3.80. The molecule has 10 rings (SSSR count). The summed E-state index contributed by atoms with van der Waals surface area (Å²) in [4.78, 5) is 7.19. The maximum Gasteiger partial charge on any atom is 0.159 e. The van der Waals surface area contributed by atoms with Crippen LogP contribution in [0.3, 0.4) is 0 Å². The van der Waals surface area contributed by atoms with Crippen molar-refractivity contribution in [2.24, 2.45) is 0 Å². The molecule has 0 fully saturated rings. The van der Waals surface area contributed by atoms with Gasteiger partial charge in [0.1, 0.15) is 5.58 Å². The first kappa shape index (κ1) is 25.8. The van der Waals surface area contributed by atoms with Crippen molar-refractivity contribution in [3.63, 3.8) is 0 Å². The lowest BCUT2D eigenvalue weighted by atomic mass is 10.1. The molecular weight excluding hydrogens is 601 g/mol. The van der Waals surface area contributed by atoms with Gasteiger partial charge in [0.25, 0.3) is 0 Å². The Morgan fingerprint density at radius 2 is 1.13 bits per heavy atom. The lowest BCUT2D eigenvalue weighted by Crippen LogP contribution is -2.10. The number of aromatic nitrogens is 1. The molecule has 4 heterocycles. The molecule has 0 aliphatic heterocycles. The summed E-state index contributed by atoms with van der Waals surface area (Å²) < 4.78 is 11.6. The molecule has 4 aromatic heterocycles. The van der Waals surface area contributed by atoms with Gasteiger partial charge in [0.2, 0.25) is 0 Å². The van der Waals surface area contributed by atoms with Gasteiger partial charge in [-0.1, -0.05) is 84.9 Å². The van der Waals surface area contributed by atoms with Crippen LogP contribution in [0.5, 0.6) is 0 Å². The normalized spacial score (nSPS) is 11.9. The summed E-state index contributed by atoms with van der Waals surface area (Å²) in [6.07, 6.45) is 2.01. The molecular formula is C41H24N2OS2. The Kier molecular flexibility index (Phi) is 5.61. The van der Waals surface area contributed by atoms with Crippen molar-refractivity contribution < 1.29 is 4.42 Å². The second kappa shape index (κ2) is 10.0. The lowest BCUT2D eigenvalue weighted by Gasteiger charge is -2.26. The molecule has 0 saturated carbocycles. The third-order valence-corrected chi connectivity index (χ3v) is 11.2. The highest BCUT2D eigenvalue weighted by Gasteiger charge is 2.20. The molecule has 0 atom stereocenters. The van der Waals surface area contributed by atoms with Crippen molar-refractivity contribution in [2.75, 3.05) is 4.90 Å². The van der Waals surface area contributed by atoms with E-state index in [4.69, 9.17) is 9.40 Å². The standard InChI is InChI=1S/C41H24N2OS2/c1-4-13-36-28(8-1)32-11-7-12-35(41(32)44-36)43(27-20-21-31-29-9-2-5-14-37(29)45-39(31)22-27)26-18-16-25(17-19-26)34-23-33-30-10-3-6-15-38(30)46-40(33)24-42-34/h1-24H. The van der Waals surface area contributed by atoms with Gasteiger partial charge >= 0.3 is 0 Å². The van der Waals surface area contributed by atoms with Crippen molar-refractivity contribution in [1.29, 1.82) is 0 Å². The lowest BCUT2D eigenvalue weighted by molar-refractivity contribution is 0.669. The Morgan fingerprint density at radius 3 is 1.96 bits per heavy atom. The van der Waals surface area contributed by atoms with Crippen LogP contribution in [0, 0.1) is 0 Å². The zero-order valence-corrected chi connectivity index (χ0v) is 26.1. The molecule has 216 valence electrons. The van der Waals surface area contributed by atoms with Crippen LogP contribution < -0.4 is 4.90 Å². The van der Waals surface area contributed by atoms with Gasteiger partial charge in [-0.2, -0.15) is 0 Å². The quantitative estimate of drug-likeness (QED) is 0.195. The fourth-order valence-corrected chi connectivity index (χ4v) is 8.95. The second-order valence-electron chi connectivity index (χ2n) is 11.6. The van der Waals surface area contributed by atoms with Gasteiger partial charge in [0.15, 0.2) is 5.58 Å². The molecule has 0 aliphatic carbocycles. The van der Waals surface area contributed by atoms with Crippen LogP contribution >= 0.6 is 22.7 Å². The zero-order valence-electron chi connectivity index (χ0n) is 24.5. The number of pyridine rings is 1. The number of thiophene rings is 2. The van der Waals surface area contributed by atoms with E-state index in [1.807, 2.05) is 29.7 Å². The van der Waals surface area contributed by atoms with Gasteiger partial charge < -0.3 is 9.32 Å². The highest BCUT2D eigenvalue weighted by molar-refractivity contribution is 7.26. The first-order valence-electron chi connectivity index (χ1n) is 15.3. The maximum atomic E-state index is 6.56. The van der Waals surface area contributed by atoms with Crippen LogP contribution in [0.1, 0.15) is 0 Å². The van der Waals surface area contributed by atoms with Crippen LogP contribution in [0.4, 0.5) is 17.1 Å². The number of furan rings is 1. The summed E-state index contributed by atoms with van der Waals surface area (Å²) in [5, 5.41) is 7.35. The summed E-state index contributed by atoms with van der Waals surface area (Å²) in [7, 11) is 0. The fraction of sp³-hybridized carbons (Fsp3) is 0. The van der Waals surface area contributed by atoms with Crippen LogP contribution in [-0.4, -0.2) is 4.98 Å². The van der Waals surface area contributed by atoms with E-state index in [0.717, 1.165) is 50.3 Å². The molecule has 3 nitrogen and oxygen atoms in total. The average molecular weight is 625 g/mol. The molecule has 0 spiro atoms. The van der Waals surface area contributed by atoms with Crippen molar-refractivity contribution >= 4 is 102 Å². The highest BCUT2D eigenvalue weighted by Crippen LogP contribution is 2.45. The minimum atomic E-state index is 0.876. The van der Waals surface area contributed by atoms with Gasteiger partial charge in [-0.25, -0.2) is 0 Å². The summed E-state index contributed by atoms with van der Waals surface area (Å²) in [5.41, 5.74) is 6.97. The molecule has 0 N–H and O–H groups in total. The van der Waals surface area contributed by atoms with Crippen molar-refractivity contribution in [3.8, 4) is 11.3 Å². The maximum absolute atomic E-state index is 6.56. The molecule has 0 radical (unpaired) electrons. The fourth-order valence-electron chi connectivity index (χ4n) is 6.76. The monoisotopic (exact) mass is 624 g/mol. The number of rotatable bonds is 4.